The number of nitrogens with zero attached hydrogens (tertiary/aromatic N) is 1. The normalized spacial score (nSPS) is 27.6. The van der Waals surface area contributed by atoms with Crippen molar-refractivity contribution in [3.8, 4) is 11.8 Å². The molecule has 0 aliphatic carbocycles. The summed E-state index contributed by atoms with van der Waals surface area (Å²) in [5, 5.41) is 0. The summed E-state index contributed by atoms with van der Waals surface area (Å²) >= 11 is 0. The van der Waals surface area contributed by atoms with Gasteiger partial charge in [-0.05, 0) is 59.8 Å². The number of carbonyl (C=O) groups is 2. The van der Waals surface area contributed by atoms with E-state index in [4.69, 9.17) is 4.74 Å². The Bertz CT molecular complexity index is 481. The third kappa shape index (κ3) is 4.03. The molecule has 2 bridgehead atoms. The summed E-state index contributed by atoms with van der Waals surface area (Å²) in [6.07, 6.45) is 4.72. The number of rotatable bonds is 2. The highest BCUT2D eigenvalue weighted by atomic mass is 16.6. The Kier molecular flexibility index (Phi) is 5.16. The van der Waals surface area contributed by atoms with E-state index < -0.39 is 5.60 Å². The molecular weight excluding hydrogens is 278 g/mol. The van der Waals surface area contributed by atoms with E-state index in [0.717, 1.165) is 32.1 Å². The van der Waals surface area contributed by atoms with Gasteiger partial charge in [-0.3, -0.25) is 4.79 Å². The van der Waals surface area contributed by atoms with E-state index in [-0.39, 0.29) is 29.9 Å². The Morgan fingerprint density at radius 2 is 1.77 bits per heavy atom. The van der Waals surface area contributed by atoms with Gasteiger partial charge in [-0.2, -0.15) is 0 Å². The van der Waals surface area contributed by atoms with Gasteiger partial charge < -0.3 is 9.64 Å². The van der Waals surface area contributed by atoms with Crippen LogP contribution in [0.15, 0.2) is 0 Å². The average molecular weight is 305 g/mol. The Morgan fingerprint density at radius 1 is 1.18 bits per heavy atom. The van der Waals surface area contributed by atoms with Crippen LogP contribution in [0.4, 0.5) is 4.79 Å². The molecule has 2 aliphatic rings. The second-order valence-electron chi connectivity index (χ2n) is 7.36. The highest BCUT2D eigenvalue weighted by molar-refractivity contribution is 5.83. The first-order chi connectivity index (χ1) is 10.3. The van der Waals surface area contributed by atoms with Crippen molar-refractivity contribution in [1.82, 2.24) is 4.90 Å². The number of ether oxygens (including phenoxy) is 1. The summed E-state index contributed by atoms with van der Waals surface area (Å²) in [6.45, 7) is 7.42. The van der Waals surface area contributed by atoms with Gasteiger partial charge in [-0.15, -0.1) is 5.92 Å². The first-order valence-electron chi connectivity index (χ1n) is 8.25. The minimum Gasteiger partial charge on any atom is -0.444 e. The van der Waals surface area contributed by atoms with Gasteiger partial charge in [0.25, 0.3) is 0 Å². The fraction of sp³-hybridized carbons (Fsp3) is 0.778. The van der Waals surface area contributed by atoms with E-state index in [1.165, 1.54) is 0 Å². The molecule has 0 spiro atoms. The number of ketones is 1. The van der Waals surface area contributed by atoms with E-state index in [2.05, 4.69) is 11.8 Å². The van der Waals surface area contributed by atoms with Gasteiger partial charge in [-0.1, -0.05) is 5.92 Å². The lowest BCUT2D eigenvalue weighted by atomic mass is 9.76. The maximum absolute atomic E-state index is 12.5. The van der Waals surface area contributed by atoms with Gasteiger partial charge >= 0.3 is 6.09 Å². The van der Waals surface area contributed by atoms with Crippen LogP contribution in [0.5, 0.6) is 0 Å². The Morgan fingerprint density at radius 3 is 2.27 bits per heavy atom. The molecule has 22 heavy (non-hydrogen) atoms. The Balaban J connectivity index is 2.06. The summed E-state index contributed by atoms with van der Waals surface area (Å²) in [6, 6.07) is 0.289. The molecule has 1 amide bonds. The van der Waals surface area contributed by atoms with Crippen LogP contribution in [0.2, 0.25) is 0 Å². The molecule has 2 rings (SSSR count). The molecule has 0 N–H and O–H groups in total. The quantitative estimate of drug-likeness (QED) is 0.733. The maximum atomic E-state index is 12.5. The van der Waals surface area contributed by atoms with Crippen LogP contribution in [-0.4, -0.2) is 34.5 Å². The molecular formula is C18H27NO3. The second kappa shape index (κ2) is 6.73. The van der Waals surface area contributed by atoms with Gasteiger partial charge in [0, 0.05) is 18.0 Å². The fourth-order valence-electron chi connectivity index (χ4n) is 3.58. The molecule has 2 heterocycles. The van der Waals surface area contributed by atoms with Crippen LogP contribution in [0.25, 0.3) is 0 Å². The fourth-order valence-corrected chi connectivity index (χ4v) is 3.58. The molecule has 2 unspecified atom stereocenters. The van der Waals surface area contributed by atoms with Crippen molar-refractivity contribution in [2.75, 3.05) is 0 Å². The van der Waals surface area contributed by atoms with Crippen LogP contribution >= 0.6 is 0 Å². The number of hydrogen-bond donors (Lipinski definition) is 0. The summed E-state index contributed by atoms with van der Waals surface area (Å²) < 4.78 is 5.55. The molecule has 0 saturated carbocycles. The molecule has 0 aromatic heterocycles. The Hall–Kier alpha value is -1.50. The van der Waals surface area contributed by atoms with Crippen molar-refractivity contribution in [2.45, 2.75) is 83.9 Å². The number of fused-ring (bicyclic) bond motifs is 2. The van der Waals surface area contributed by atoms with E-state index in [9.17, 15) is 9.59 Å². The largest absolute Gasteiger partial charge is 0.444 e. The molecule has 0 radical (unpaired) electrons. The summed E-state index contributed by atoms with van der Waals surface area (Å²) in [4.78, 5) is 26.6. The number of amides is 1. The minimum absolute atomic E-state index is 0.0508. The van der Waals surface area contributed by atoms with E-state index in [1.54, 1.807) is 6.92 Å². The lowest BCUT2D eigenvalue weighted by molar-refractivity contribution is -0.126. The van der Waals surface area contributed by atoms with E-state index >= 15 is 0 Å². The van der Waals surface area contributed by atoms with Gasteiger partial charge in [0.05, 0.1) is 6.42 Å². The molecule has 2 aliphatic heterocycles. The van der Waals surface area contributed by atoms with Crippen molar-refractivity contribution in [3.05, 3.63) is 0 Å². The SMILES string of the molecule is CC#CCC(=O)C1CC2CCCC(C1)N2C(=O)OC(C)(C)C. The summed E-state index contributed by atoms with van der Waals surface area (Å²) in [5.74, 6) is 5.94. The van der Waals surface area contributed by atoms with Gasteiger partial charge in [0.15, 0.2) is 0 Å². The first-order valence-corrected chi connectivity index (χ1v) is 8.25. The highest BCUT2D eigenvalue weighted by Gasteiger charge is 2.43. The summed E-state index contributed by atoms with van der Waals surface area (Å²) in [7, 11) is 0. The number of carbonyl (C=O) groups excluding carboxylic acids is 2. The van der Waals surface area contributed by atoms with Crippen molar-refractivity contribution in [2.24, 2.45) is 5.92 Å². The molecule has 2 saturated heterocycles. The standard InChI is InChI=1S/C18H27NO3/c1-5-6-10-16(20)13-11-14-8-7-9-15(12-13)19(14)17(21)22-18(2,3)4/h13-15H,7-12H2,1-4H3. The molecule has 2 fully saturated rings. The van der Waals surface area contributed by atoms with Gasteiger partial charge in [-0.25, -0.2) is 4.79 Å². The van der Waals surface area contributed by atoms with Crippen molar-refractivity contribution in [3.63, 3.8) is 0 Å². The average Bonchev–Trinajstić information content (AvgIpc) is 2.41. The molecule has 0 aromatic carbocycles. The number of hydrogen-bond acceptors (Lipinski definition) is 3. The van der Waals surface area contributed by atoms with Crippen molar-refractivity contribution >= 4 is 11.9 Å². The van der Waals surface area contributed by atoms with E-state index in [1.807, 2.05) is 25.7 Å². The molecule has 2 atom stereocenters. The smallest absolute Gasteiger partial charge is 0.410 e. The predicted molar refractivity (Wildman–Crippen MR) is 85.3 cm³/mol. The zero-order chi connectivity index (χ0) is 16.3. The number of piperidine rings is 2. The van der Waals surface area contributed by atoms with Crippen LogP contribution in [0.1, 0.15) is 66.2 Å². The lowest BCUT2D eigenvalue weighted by Gasteiger charge is -2.48. The zero-order valence-corrected chi connectivity index (χ0v) is 14.1. The van der Waals surface area contributed by atoms with Crippen LogP contribution in [-0.2, 0) is 9.53 Å². The maximum Gasteiger partial charge on any atom is 0.410 e. The lowest BCUT2D eigenvalue weighted by Crippen LogP contribution is -2.56. The monoisotopic (exact) mass is 305 g/mol. The van der Waals surface area contributed by atoms with Crippen LogP contribution in [0, 0.1) is 17.8 Å². The van der Waals surface area contributed by atoms with E-state index in [0.29, 0.717) is 6.42 Å². The third-order valence-electron chi connectivity index (χ3n) is 4.47. The van der Waals surface area contributed by atoms with Gasteiger partial charge in [0.2, 0.25) is 0 Å². The second-order valence-corrected chi connectivity index (χ2v) is 7.36. The highest BCUT2D eigenvalue weighted by Crippen LogP contribution is 2.38. The molecule has 122 valence electrons. The van der Waals surface area contributed by atoms with Crippen molar-refractivity contribution < 1.29 is 14.3 Å². The Labute approximate surface area is 133 Å². The minimum atomic E-state index is -0.477. The summed E-state index contributed by atoms with van der Waals surface area (Å²) in [5.41, 5.74) is -0.477. The molecule has 4 nitrogen and oxygen atoms in total. The first kappa shape index (κ1) is 16.9. The number of Topliss-reactive ketones (excluding diaryl/α,β-unsaturated/α-hetero) is 1. The van der Waals surface area contributed by atoms with Crippen LogP contribution in [0.3, 0.4) is 0 Å². The molecule has 4 heteroatoms. The molecule has 0 aromatic rings. The third-order valence-corrected chi connectivity index (χ3v) is 4.47. The van der Waals surface area contributed by atoms with Crippen molar-refractivity contribution in [1.29, 1.82) is 0 Å². The van der Waals surface area contributed by atoms with Crippen LogP contribution < -0.4 is 0 Å². The van der Waals surface area contributed by atoms with Gasteiger partial charge in [0.1, 0.15) is 11.4 Å². The predicted octanol–water partition coefficient (Wildman–Crippen LogP) is 3.54. The zero-order valence-electron chi connectivity index (χ0n) is 14.1. The topological polar surface area (TPSA) is 46.6 Å².